The highest BCUT2D eigenvalue weighted by Crippen LogP contribution is 2.15. The molecule has 1 amide bonds. The Morgan fingerprint density at radius 2 is 1.92 bits per heavy atom. The summed E-state index contributed by atoms with van der Waals surface area (Å²) in [6.07, 6.45) is 0. The third-order valence-corrected chi connectivity index (χ3v) is 4.42. The first kappa shape index (κ1) is 22.4. The van der Waals surface area contributed by atoms with Crippen molar-refractivity contribution >= 4 is 24.3 Å². The number of hydrogen-bond donors (Lipinski definition) is 1. The van der Waals surface area contributed by atoms with Gasteiger partial charge in [-0.2, -0.15) is 5.10 Å². The minimum Gasteiger partial charge on any atom is -0.465 e. The predicted molar refractivity (Wildman–Crippen MR) is 101 cm³/mol. The summed E-state index contributed by atoms with van der Waals surface area (Å²) in [6.45, 7) is 10.4. The maximum Gasteiger partial charge on any atom is 0.327 e. The van der Waals surface area contributed by atoms with Gasteiger partial charge in [-0.15, -0.1) is 12.4 Å². The van der Waals surface area contributed by atoms with Crippen molar-refractivity contribution in [2.24, 2.45) is 0 Å². The summed E-state index contributed by atoms with van der Waals surface area (Å²) in [6, 6.07) is 0. The Morgan fingerprint density at radius 1 is 1.27 bits per heavy atom. The Hall–Kier alpha value is -1.64. The number of nitrogens with zero attached hydrogens (tertiary/aromatic N) is 4. The number of amides is 1. The zero-order chi connectivity index (χ0) is 18.4. The lowest BCUT2D eigenvalue weighted by Gasteiger charge is -2.29. The van der Waals surface area contributed by atoms with Gasteiger partial charge in [0, 0.05) is 44.0 Å². The molecule has 0 radical (unpaired) electrons. The van der Waals surface area contributed by atoms with E-state index < -0.39 is 0 Å². The topological polar surface area (TPSA) is 79.7 Å². The van der Waals surface area contributed by atoms with Gasteiger partial charge in [0.15, 0.2) is 0 Å². The van der Waals surface area contributed by atoms with Gasteiger partial charge in [-0.05, 0) is 27.8 Å². The van der Waals surface area contributed by atoms with E-state index in [1.807, 2.05) is 30.7 Å². The van der Waals surface area contributed by atoms with Gasteiger partial charge in [-0.25, -0.2) is 0 Å². The van der Waals surface area contributed by atoms with Gasteiger partial charge in [0.05, 0.1) is 18.8 Å². The first-order valence-corrected chi connectivity index (χ1v) is 8.78. The van der Waals surface area contributed by atoms with Crippen LogP contribution in [0.4, 0.5) is 0 Å². The zero-order valence-corrected chi connectivity index (χ0v) is 16.9. The van der Waals surface area contributed by atoms with Crippen molar-refractivity contribution in [3.8, 4) is 0 Å². The molecule has 0 saturated carbocycles. The van der Waals surface area contributed by atoms with E-state index in [-0.39, 0.29) is 30.8 Å². The summed E-state index contributed by atoms with van der Waals surface area (Å²) in [5.74, 6) is -0.139. The van der Waals surface area contributed by atoms with Crippen molar-refractivity contribution in [2.45, 2.75) is 33.9 Å². The minimum absolute atomic E-state index is 0. The van der Waals surface area contributed by atoms with Gasteiger partial charge < -0.3 is 15.0 Å². The van der Waals surface area contributed by atoms with Gasteiger partial charge in [0.1, 0.15) is 6.54 Å². The molecule has 0 spiro atoms. The van der Waals surface area contributed by atoms with Gasteiger partial charge in [0.2, 0.25) is 5.91 Å². The molecule has 1 saturated heterocycles. The fraction of sp³-hybridized carbons (Fsp3) is 0.706. The monoisotopic (exact) mass is 387 g/mol. The fourth-order valence-corrected chi connectivity index (χ4v) is 3.02. The number of likely N-dealkylation sites (N-methyl/N-ethyl adjacent to an activating group) is 1. The molecule has 9 heteroatoms. The van der Waals surface area contributed by atoms with Gasteiger partial charge in [-0.3, -0.25) is 19.2 Å². The highest BCUT2D eigenvalue weighted by atomic mass is 35.5. The molecule has 1 aromatic rings. The Bertz CT molecular complexity index is 614. The van der Waals surface area contributed by atoms with Crippen molar-refractivity contribution in [2.75, 3.05) is 46.4 Å². The highest BCUT2D eigenvalue weighted by molar-refractivity contribution is 5.85. The van der Waals surface area contributed by atoms with Crippen LogP contribution in [0.15, 0.2) is 0 Å². The standard InChI is InChI=1S/C17H29N5O3.ClH/c1-5-25-17(24)12-22-14(3)15(13(2)19-22)10-20(4)11-16(23)21-8-6-18-7-9-21;/h18H,5-12H2,1-4H3;1H. The number of halogens is 1. The van der Waals surface area contributed by atoms with E-state index in [2.05, 4.69) is 10.4 Å². The number of aromatic nitrogens is 2. The van der Waals surface area contributed by atoms with Crippen molar-refractivity contribution in [3.05, 3.63) is 17.0 Å². The molecule has 0 atom stereocenters. The number of carbonyl (C=O) groups is 2. The molecular formula is C17H30ClN5O3. The van der Waals surface area contributed by atoms with Crippen LogP contribution >= 0.6 is 12.4 Å². The third-order valence-electron chi connectivity index (χ3n) is 4.42. The van der Waals surface area contributed by atoms with Crippen LogP contribution < -0.4 is 5.32 Å². The molecule has 2 rings (SSSR count). The quantitative estimate of drug-likeness (QED) is 0.680. The summed E-state index contributed by atoms with van der Waals surface area (Å²) in [4.78, 5) is 27.9. The largest absolute Gasteiger partial charge is 0.465 e. The second-order valence-electron chi connectivity index (χ2n) is 6.42. The average Bonchev–Trinajstić information content (AvgIpc) is 2.83. The van der Waals surface area contributed by atoms with Crippen LogP contribution in [0.25, 0.3) is 0 Å². The van der Waals surface area contributed by atoms with E-state index in [4.69, 9.17) is 4.74 Å². The molecular weight excluding hydrogens is 358 g/mol. The molecule has 0 aromatic carbocycles. The smallest absolute Gasteiger partial charge is 0.327 e. The average molecular weight is 388 g/mol. The maximum atomic E-state index is 12.4. The molecule has 1 fully saturated rings. The van der Waals surface area contributed by atoms with E-state index in [1.165, 1.54) is 0 Å². The van der Waals surface area contributed by atoms with Crippen LogP contribution in [0.1, 0.15) is 23.9 Å². The second-order valence-corrected chi connectivity index (χ2v) is 6.42. The molecule has 148 valence electrons. The fourth-order valence-electron chi connectivity index (χ4n) is 3.02. The number of aryl methyl sites for hydroxylation is 1. The number of hydrogen-bond acceptors (Lipinski definition) is 6. The number of esters is 1. The van der Waals surface area contributed by atoms with Gasteiger partial charge >= 0.3 is 5.97 Å². The molecule has 8 nitrogen and oxygen atoms in total. The SMILES string of the molecule is CCOC(=O)Cn1nc(C)c(CN(C)CC(=O)N2CCNCC2)c1C.Cl. The Kier molecular flexibility index (Phi) is 9.04. The summed E-state index contributed by atoms with van der Waals surface area (Å²) in [5.41, 5.74) is 2.87. The van der Waals surface area contributed by atoms with Crippen LogP contribution in [0, 0.1) is 13.8 Å². The Morgan fingerprint density at radius 3 is 2.54 bits per heavy atom. The third kappa shape index (κ3) is 5.96. The van der Waals surface area contributed by atoms with Crippen molar-refractivity contribution in [3.63, 3.8) is 0 Å². The molecule has 0 aliphatic carbocycles. The normalized spacial score (nSPS) is 14.3. The van der Waals surface area contributed by atoms with Crippen molar-refractivity contribution < 1.29 is 14.3 Å². The lowest BCUT2D eigenvalue weighted by atomic mass is 10.2. The van der Waals surface area contributed by atoms with Crippen LogP contribution in [-0.4, -0.2) is 77.8 Å². The van der Waals surface area contributed by atoms with Crippen LogP contribution in [-0.2, 0) is 27.4 Å². The highest BCUT2D eigenvalue weighted by Gasteiger charge is 2.20. The van der Waals surface area contributed by atoms with Gasteiger partial charge in [0.25, 0.3) is 0 Å². The van der Waals surface area contributed by atoms with Crippen molar-refractivity contribution in [1.29, 1.82) is 0 Å². The van der Waals surface area contributed by atoms with Crippen molar-refractivity contribution in [1.82, 2.24) is 24.9 Å². The number of nitrogens with one attached hydrogen (secondary N) is 1. The molecule has 1 aromatic heterocycles. The first-order chi connectivity index (χ1) is 11.9. The summed E-state index contributed by atoms with van der Waals surface area (Å²) in [5, 5.41) is 7.69. The van der Waals surface area contributed by atoms with E-state index in [0.717, 1.165) is 43.1 Å². The zero-order valence-electron chi connectivity index (χ0n) is 16.1. The number of piperazine rings is 1. The molecule has 1 aliphatic rings. The van der Waals surface area contributed by atoms with E-state index in [0.29, 0.717) is 19.7 Å². The second kappa shape index (κ2) is 10.5. The Balaban J connectivity index is 0.00000338. The molecule has 0 unspecified atom stereocenters. The number of carbonyl (C=O) groups excluding carboxylic acids is 2. The first-order valence-electron chi connectivity index (χ1n) is 8.78. The molecule has 1 N–H and O–H groups in total. The van der Waals surface area contributed by atoms with E-state index in [9.17, 15) is 9.59 Å². The lowest BCUT2D eigenvalue weighted by molar-refractivity contribution is -0.144. The molecule has 26 heavy (non-hydrogen) atoms. The molecule has 2 heterocycles. The molecule has 0 bridgehead atoms. The van der Waals surface area contributed by atoms with E-state index in [1.54, 1.807) is 11.6 Å². The molecule has 1 aliphatic heterocycles. The summed E-state index contributed by atoms with van der Waals surface area (Å²) >= 11 is 0. The van der Waals surface area contributed by atoms with Crippen LogP contribution in [0.2, 0.25) is 0 Å². The van der Waals surface area contributed by atoms with Gasteiger partial charge in [-0.1, -0.05) is 0 Å². The minimum atomic E-state index is -0.290. The van der Waals surface area contributed by atoms with E-state index >= 15 is 0 Å². The summed E-state index contributed by atoms with van der Waals surface area (Å²) < 4.78 is 6.66. The van der Waals surface area contributed by atoms with Crippen LogP contribution in [0.5, 0.6) is 0 Å². The van der Waals surface area contributed by atoms with Crippen LogP contribution in [0.3, 0.4) is 0 Å². The lowest BCUT2D eigenvalue weighted by Crippen LogP contribution is -2.49. The maximum absolute atomic E-state index is 12.4. The number of rotatable bonds is 7. The number of ether oxygens (including phenoxy) is 1. The summed E-state index contributed by atoms with van der Waals surface area (Å²) in [7, 11) is 1.93. The predicted octanol–water partition coefficient (Wildman–Crippen LogP) is 0.348. The Labute approximate surface area is 161 Å².